The second-order valence-corrected chi connectivity index (χ2v) is 5.80. The van der Waals surface area contributed by atoms with Crippen LogP contribution in [0, 0.1) is 16.7 Å². The van der Waals surface area contributed by atoms with Crippen LogP contribution >= 0.6 is 23.2 Å². The van der Waals surface area contributed by atoms with Crippen LogP contribution in [0.2, 0.25) is 10.0 Å². The number of amides is 1. The summed E-state index contributed by atoms with van der Waals surface area (Å²) >= 11 is 11.8. The van der Waals surface area contributed by atoms with Crippen molar-refractivity contribution in [2.24, 2.45) is 0 Å². The van der Waals surface area contributed by atoms with Crippen LogP contribution in [0.3, 0.4) is 0 Å². The maximum atomic E-state index is 12.5. The van der Waals surface area contributed by atoms with Gasteiger partial charge >= 0.3 is 0 Å². The summed E-state index contributed by atoms with van der Waals surface area (Å²) in [6.07, 6.45) is 0. The molecule has 2 aromatic carbocycles. The molecule has 24 heavy (non-hydrogen) atoms. The molecule has 3 rings (SSSR count). The summed E-state index contributed by atoms with van der Waals surface area (Å²) in [7, 11) is 0. The van der Waals surface area contributed by atoms with E-state index in [1.807, 2.05) is 6.07 Å². The van der Waals surface area contributed by atoms with Crippen molar-refractivity contribution < 1.29 is 4.79 Å². The average molecular weight is 357 g/mol. The van der Waals surface area contributed by atoms with Crippen LogP contribution in [-0.2, 0) is 4.79 Å². The van der Waals surface area contributed by atoms with Crippen molar-refractivity contribution >= 4 is 46.3 Å². The fraction of sp³-hybridized carbons (Fsp3) is 0. The Morgan fingerprint density at radius 3 is 2.50 bits per heavy atom. The van der Waals surface area contributed by atoms with Crippen LogP contribution in [-0.4, -0.2) is 11.7 Å². The fourth-order valence-electron chi connectivity index (χ4n) is 2.36. The lowest BCUT2D eigenvalue weighted by Crippen LogP contribution is -2.20. The second-order valence-electron chi connectivity index (χ2n) is 4.99. The van der Waals surface area contributed by atoms with Crippen molar-refractivity contribution in [1.82, 2.24) is 5.32 Å². The number of nitrogens with zero attached hydrogens (tertiary/aromatic N) is 1. The molecule has 0 radical (unpaired) electrons. The number of carbonyl (C=O) groups excluding carboxylic acids is 1. The Morgan fingerprint density at radius 1 is 1.12 bits per heavy atom. The zero-order valence-electron chi connectivity index (χ0n) is 12.2. The minimum atomic E-state index is -0.595. The molecular weight excluding hydrogens is 347 g/mol. The predicted molar refractivity (Wildman–Crippen MR) is 94.0 cm³/mol. The lowest BCUT2D eigenvalue weighted by molar-refractivity contribution is -0.112. The van der Waals surface area contributed by atoms with Crippen molar-refractivity contribution in [2.45, 2.75) is 0 Å². The molecule has 0 aromatic heterocycles. The number of benzene rings is 2. The zero-order valence-corrected chi connectivity index (χ0v) is 13.7. The molecule has 1 aliphatic rings. The van der Waals surface area contributed by atoms with E-state index < -0.39 is 5.91 Å². The van der Waals surface area contributed by atoms with Gasteiger partial charge in [-0.25, -0.2) is 0 Å². The number of rotatable bonds is 2. The lowest BCUT2D eigenvalue weighted by atomic mass is 10.0. The summed E-state index contributed by atoms with van der Waals surface area (Å²) in [5.74, 6) is -0.446. The van der Waals surface area contributed by atoms with E-state index in [9.17, 15) is 10.1 Å². The number of nitrogens with one attached hydrogen (secondary N) is 3. The highest BCUT2D eigenvalue weighted by Gasteiger charge is 2.26. The van der Waals surface area contributed by atoms with Gasteiger partial charge in [-0.1, -0.05) is 47.5 Å². The van der Waals surface area contributed by atoms with E-state index in [0.717, 1.165) is 0 Å². The molecule has 0 bridgehead atoms. The van der Waals surface area contributed by atoms with E-state index in [1.54, 1.807) is 36.4 Å². The Morgan fingerprint density at radius 2 is 1.83 bits per heavy atom. The maximum Gasteiger partial charge on any atom is 0.268 e. The maximum absolute atomic E-state index is 12.5. The molecule has 0 spiro atoms. The molecule has 1 amide bonds. The van der Waals surface area contributed by atoms with Crippen LogP contribution in [0.25, 0.3) is 5.70 Å². The quantitative estimate of drug-likeness (QED) is 0.564. The van der Waals surface area contributed by atoms with Crippen LogP contribution in [0.1, 0.15) is 11.1 Å². The first kappa shape index (κ1) is 16.1. The number of hydrogen-bond donors (Lipinski definition) is 3. The lowest BCUT2D eigenvalue weighted by Gasteiger charge is -2.08. The summed E-state index contributed by atoms with van der Waals surface area (Å²) in [5.41, 5.74) is 1.90. The third kappa shape index (κ3) is 2.85. The van der Waals surface area contributed by atoms with E-state index in [2.05, 4.69) is 10.6 Å². The highest BCUT2D eigenvalue weighted by Crippen LogP contribution is 2.28. The topological polar surface area (TPSA) is 88.8 Å². The molecule has 0 fully saturated rings. The van der Waals surface area contributed by atoms with E-state index in [0.29, 0.717) is 32.6 Å². The molecule has 0 saturated heterocycles. The van der Waals surface area contributed by atoms with Gasteiger partial charge in [0.1, 0.15) is 17.5 Å². The number of carbonyl (C=O) groups is 1. The number of nitriles is 1. The monoisotopic (exact) mass is 356 g/mol. The molecule has 0 atom stereocenters. The van der Waals surface area contributed by atoms with Gasteiger partial charge in [0, 0.05) is 16.8 Å². The van der Waals surface area contributed by atoms with Gasteiger partial charge in [-0.05, 0) is 18.2 Å². The normalized spacial score (nSPS) is 14.5. The summed E-state index contributed by atoms with van der Waals surface area (Å²) in [4.78, 5) is 12.5. The summed E-state index contributed by atoms with van der Waals surface area (Å²) < 4.78 is 0. The molecule has 2 aromatic rings. The fourth-order valence-corrected chi connectivity index (χ4v) is 2.66. The largest absolute Gasteiger partial charge is 0.338 e. The van der Waals surface area contributed by atoms with Crippen molar-refractivity contribution in [1.29, 1.82) is 10.7 Å². The van der Waals surface area contributed by atoms with Gasteiger partial charge in [-0.15, -0.1) is 0 Å². The third-order valence-corrected chi connectivity index (χ3v) is 4.22. The molecule has 0 unspecified atom stereocenters. The van der Waals surface area contributed by atoms with Gasteiger partial charge < -0.3 is 10.6 Å². The number of halogens is 2. The minimum Gasteiger partial charge on any atom is -0.338 e. The van der Waals surface area contributed by atoms with Crippen molar-refractivity contribution in [3.63, 3.8) is 0 Å². The van der Waals surface area contributed by atoms with Crippen molar-refractivity contribution in [2.75, 3.05) is 5.32 Å². The molecule has 118 valence electrons. The summed E-state index contributed by atoms with van der Waals surface area (Å²) in [6.45, 7) is 0. The number of hydrogen-bond acceptors (Lipinski definition) is 3. The third-order valence-electron chi connectivity index (χ3n) is 3.48. The number of anilines is 1. The highest BCUT2D eigenvalue weighted by molar-refractivity contribution is 6.42. The van der Waals surface area contributed by atoms with Gasteiger partial charge in [0.05, 0.1) is 15.7 Å². The summed E-state index contributed by atoms with van der Waals surface area (Å²) in [6, 6.07) is 13.6. The van der Waals surface area contributed by atoms with Gasteiger partial charge in [-0.3, -0.25) is 10.2 Å². The van der Waals surface area contributed by atoms with Crippen LogP contribution in [0.4, 0.5) is 5.69 Å². The molecule has 0 aliphatic carbocycles. The standard InChI is InChI=1S/C17H10Cl2N4O/c18-13-6-5-9(7-14(13)19)22-17(24)12(8-20)15-10-3-1-2-4-11(10)16(21)23-15/h1-7H,(H2,21,23)(H,22,24). The molecule has 1 aliphatic heterocycles. The number of amidine groups is 1. The predicted octanol–water partition coefficient (Wildman–Crippen LogP) is 3.80. The average Bonchev–Trinajstić information content (AvgIpc) is 2.89. The van der Waals surface area contributed by atoms with Crippen molar-refractivity contribution in [3.05, 3.63) is 69.2 Å². The first-order chi connectivity index (χ1) is 11.5. The molecule has 1 heterocycles. The first-order valence-electron chi connectivity index (χ1n) is 6.87. The van der Waals surface area contributed by atoms with Gasteiger partial charge in [-0.2, -0.15) is 5.26 Å². The zero-order chi connectivity index (χ0) is 17.3. The Kier molecular flexibility index (Phi) is 4.26. The van der Waals surface area contributed by atoms with Gasteiger partial charge in [0.2, 0.25) is 0 Å². The first-order valence-corrected chi connectivity index (χ1v) is 7.63. The van der Waals surface area contributed by atoms with E-state index in [-0.39, 0.29) is 11.4 Å². The SMILES string of the molecule is N#CC(C(=O)Nc1ccc(Cl)c(Cl)c1)=C1NC(=N)c2ccccc21. The number of fused-ring (bicyclic) bond motifs is 1. The smallest absolute Gasteiger partial charge is 0.268 e. The van der Waals surface area contributed by atoms with Gasteiger partial charge in [0.25, 0.3) is 5.91 Å². The molecular formula is C17H10Cl2N4O. The minimum absolute atomic E-state index is 0.115. The van der Waals surface area contributed by atoms with Crippen LogP contribution < -0.4 is 10.6 Å². The van der Waals surface area contributed by atoms with Crippen molar-refractivity contribution in [3.8, 4) is 6.07 Å². The molecule has 0 saturated carbocycles. The molecule has 3 N–H and O–H groups in total. The Balaban J connectivity index is 1.97. The molecule has 7 heteroatoms. The van der Waals surface area contributed by atoms with Gasteiger partial charge in [0.15, 0.2) is 0 Å². The van der Waals surface area contributed by atoms with Crippen LogP contribution in [0.5, 0.6) is 0 Å². The second kappa shape index (κ2) is 6.36. The van der Waals surface area contributed by atoms with Crippen LogP contribution in [0.15, 0.2) is 48.0 Å². The van der Waals surface area contributed by atoms with E-state index in [1.165, 1.54) is 6.07 Å². The molecule has 5 nitrogen and oxygen atoms in total. The van der Waals surface area contributed by atoms with E-state index in [4.69, 9.17) is 28.6 Å². The highest BCUT2D eigenvalue weighted by atomic mass is 35.5. The van der Waals surface area contributed by atoms with E-state index >= 15 is 0 Å². The Bertz CT molecular complexity index is 944. The Labute approximate surface area is 148 Å². The Hall–Kier alpha value is -2.81. The summed E-state index contributed by atoms with van der Waals surface area (Å²) in [5, 5.41) is 23.4.